The van der Waals surface area contributed by atoms with Gasteiger partial charge in [-0.15, -0.1) is 11.3 Å². The van der Waals surface area contributed by atoms with E-state index in [4.69, 9.17) is 10.00 Å². The van der Waals surface area contributed by atoms with Crippen molar-refractivity contribution in [3.8, 4) is 23.1 Å². The molecule has 0 aliphatic heterocycles. The minimum Gasteiger partial charge on any atom is -0.467 e. The number of anilines is 1. The Kier molecular flexibility index (Phi) is 4.95. The van der Waals surface area contributed by atoms with Crippen molar-refractivity contribution in [1.29, 1.82) is 5.26 Å². The van der Waals surface area contributed by atoms with Gasteiger partial charge in [0.05, 0.1) is 16.6 Å². The summed E-state index contributed by atoms with van der Waals surface area (Å²) >= 11 is 1.50. The number of rotatable bonds is 5. The Labute approximate surface area is 165 Å². The van der Waals surface area contributed by atoms with Crippen molar-refractivity contribution in [2.75, 3.05) is 11.9 Å². The average Bonchev–Trinajstić information content (AvgIpc) is 3.18. The third kappa shape index (κ3) is 3.54. The second kappa shape index (κ2) is 7.86. The normalized spacial score (nSPS) is 10.4. The second-order valence-electron chi connectivity index (χ2n) is 5.87. The summed E-state index contributed by atoms with van der Waals surface area (Å²) in [6.07, 6.45) is 1.42. The van der Waals surface area contributed by atoms with Gasteiger partial charge in [-0.05, 0) is 17.7 Å². The Balaban J connectivity index is 1.56. The number of carbonyl (C=O) groups is 1. The van der Waals surface area contributed by atoms with Gasteiger partial charge >= 0.3 is 0 Å². The molecular weight excluding hydrogens is 372 g/mol. The van der Waals surface area contributed by atoms with E-state index in [1.165, 1.54) is 17.7 Å². The van der Waals surface area contributed by atoms with E-state index < -0.39 is 0 Å². The molecule has 2 aromatic carbocycles. The van der Waals surface area contributed by atoms with Gasteiger partial charge in [-0.3, -0.25) is 4.79 Å². The van der Waals surface area contributed by atoms with E-state index in [1.54, 1.807) is 24.3 Å². The molecule has 4 rings (SSSR count). The minimum atomic E-state index is -0.369. The molecule has 2 aromatic heterocycles. The molecule has 0 aliphatic rings. The van der Waals surface area contributed by atoms with Crippen LogP contribution < -0.4 is 10.1 Å². The molecule has 2 heterocycles. The van der Waals surface area contributed by atoms with Crippen molar-refractivity contribution in [2.45, 2.75) is 0 Å². The number of thiophene rings is 1. The SMILES string of the molecule is N#Cc1ccccc1NC(=O)COc1ncnc2scc(-c3ccccc3)c12. The predicted octanol–water partition coefficient (Wildman–Crippen LogP) is 4.25. The maximum atomic E-state index is 12.3. The quantitative estimate of drug-likeness (QED) is 0.554. The maximum Gasteiger partial charge on any atom is 0.262 e. The summed E-state index contributed by atoms with van der Waals surface area (Å²) in [5.74, 6) is -0.0141. The number of nitrogens with zero attached hydrogens (tertiary/aromatic N) is 3. The Morgan fingerprint density at radius 3 is 2.71 bits per heavy atom. The molecule has 0 atom stereocenters. The molecule has 4 aromatic rings. The highest BCUT2D eigenvalue weighted by atomic mass is 32.1. The molecule has 6 nitrogen and oxygen atoms in total. The number of benzene rings is 2. The highest BCUT2D eigenvalue weighted by molar-refractivity contribution is 7.17. The van der Waals surface area contributed by atoms with Gasteiger partial charge in [-0.25, -0.2) is 9.97 Å². The van der Waals surface area contributed by atoms with E-state index in [0.717, 1.165) is 21.3 Å². The fourth-order valence-electron chi connectivity index (χ4n) is 2.80. The lowest BCUT2D eigenvalue weighted by atomic mass is 10.1. The van der Waals surface area contributed by atoms with Crippen molar-refractivity contribution in [3.05, 3.63) is 71.9 Å². The first-order valence-electron chi connectivity index (χ1n) is 8.45. The van der Waals surface area contributed by atoms with E-state index in [1.807, 2.05) is 41.8 Å². The zero-order chi connectivity index (χ0) is 19.3. The van der Waals surface area contributed by atoms with Crippen LogP contribution in [0.4, 0.5) is 5.69 Å². The molecule has 0 bridgehead atoms. The van der Waals surface area contributed by atoms with Gasteiger partial charge in [0.1, 0.15) is 17.2 Å². The molecule has 136 valence electrons. The molecule has 0 saturated carbocycles. The van der Waals surface area contributed by atoms with E-state index >= 15 is 0 Å². The zero-order valence-corrected chi connectivity index (χ0v) is 15.4. The fraction of sp³-hybridized carbons (Fsp3) is 0.0476. The van der Waals surface area contributed by atoms with Gasteiger partial charge in [-0.1, -0.05) is 42.5 Å². The van der Waals surface area contributed by atoms with Gasteiger partial charge < -0.3 is 10.1 Å². The third-order valence-electron chi connectivity index (χ3n) is 4.08. The van der Waals surface area contributed by atoms with Crippen LogP contribution in [-0.2, 0) is 4.79 Å². The van der Waals surface area contributed by atoms with E-state index in [-0.39, 0.29) is 12.5 Å². The summed E-state index contributed by atoms with van der Waals surface area (Å²) in [6, 6.07) is 18.7. The van der Waals surface area contributed by atoms with Crippen molar-refractivity contribution in [3.63, 3.8) is 0 Å². The van der Waals surface area contributed by atoms with Gasteiger partial charge in [0, 0.05) is 10.9 Å². The molecule has 1 N–H and O–H groups in total. The van der Waals surface area contributed by atoms with Crippen LogP contribution in [-0.4, -0.2) is 22.5 Å². The number of nitriles is 1. The lowest BCUT2D eigenvalue weighted by Gasteiger charge is -2.09. The highest BCUT2D eigenvalue weighted by Gasteiger charge is 2.15. The Hall–Kier alpha value is -3.76. The third-order valence-corrected chi connectivity index (χ3v) is 4.97. The van der Waals surface area contributed by atoms with E-state index in [0.29, 0.717) is 17.1 Å². The highest BCUT2D eigenvalue weighted by Crippen LogP contribution is 2.37. The van der Waals surface area contributed by atoms with Crippen LogP contribution in [0, 0.1) is 11.3 Å². The monoisotopic (exact) mass is 386 g/mol. The minimum absolute atomic E-state index is 0.226. The van der Waals surface area contributed by atoms with Crippen LogP contribution in [0.5, 0.6) is 5.88 Å². The summed E-state index contributed by atoms with van der Waals surface area (Å²) in [6.45, 7) is -0.226. The molecule has 0 unspecified atom stereocenters. The molecule has 0 radical (unpaired) electrons. The molecule has 0 fully saturated rings. The Morgan fingerprint density at radius 2 is 1.89 bits per heavy atom. The first-order valence-corrected chi connectivity index (χ1v) is 9.33. The number of hydrogen-bond donors (Lipinski definition) is 1. The molecule has 28 heavy (non-hydrogen) atoms. The predicted molar refractivity (Wildman–Crippen MR) is 108 cm³/mol. The van der Waals surface area contributed by atoms with Crippen molar-refractivity contribution >= 4 is 33.1 Å². The molecule has 1 amide bonds. The molecule has 7 heteroatoms. The summed E-state index contributed by atoms with van der Waals surface area (Å²) in [7, 11) is 0. The van der Waals surface area contributed by atoms with Crippen LogP contribution in [0.2, 0.25) is 0 Å². The number of nitrogens with one attached hydrogen (secondary N) is 1. The van der Waals surface area contributed by atoms with E-state index in [9.17, 15) is 4.79 Å². The van der Waals surface area contributed by atoms with Crippen LogP contribution in [0.15, 0.2) is 66.3 Å². The number of para-hydroxylation sites is 1. The van der Waals surface area contributed by atoms with Crippen LogP contribution >= 0.6 is 11.3 Å². The number of aromatic nitrogens is 2. The van der Waals surface area contributed by atoms with Crippen LogP contribution in [0.3, 0.4) is 0 Å². The summed E-state index contributed by atoms with van der Waals surface area (Å²) in [4.78, 5) is 21.6. The van der Waals surface area contributed by atoms with Crippen LogP contribution in [0.25, 0.3) is 21.3 Å². The lowest BCUT2D eigenvalue weighted by molar-refractivity contribution is -0.118. The van der Waals surface area contributed by atoms with E-state index in [2.05, 4.69) is 15.3 Å². The topological polar surface area (TPSA) is 87.9 Å². The second-order valence-corrected chi connectivity index (χ2v) is 6.73. The van der Waals surface area contributed by atoms with Crippen molar-refractivity contribution in [1.82, 2.24) is 9.97 Å². The first-order chi connectivity index (χ1) is 13.8. The summed E-state index contributed by atoms with van der Waals surface area (Å²) < 4.78 is 5.71. The number of hydrogen-bond acceptors (Lipinski definition) is 6. The van der Waals surface area contributed by atoms with Gasteiger partial charge in [-0.2, -0.15) is 5.26 Å². The zero-order valence-electron chi connectivity index (χ0n) is 14.6. The standard InChI is InChI=1S/C21H14N4O2S/c22-10-15-8-4-5-9-17(15)25-18(26)11-27-20-19-16(14-6-2-1-3-7-14)12-28-21(19)24-13-23-20/h1-9,12-13H,11H2,(H,25,26). The first kappa shape index (κ1) is 17.6. The average molecular weight is 386 g/mol. The van der Waals surface area contributed by atoms with Gasteiger partial charge in [0.2, 0.25) is 5.88 Å². The summed E-state index contributed by atoms with van der Waals surface area (Å²) in [5, 5.41) is 14.6. The van der Waals surface area contributed by atoms with Gasteiger partial charge in [0.15, 0.2) is 6.61 Å². The molecule has 0 aliphatic carbocycles. The molecule has 0 spiro atoms. The molecule has 0 saturated heterocycles. The summed E-state index contributed by atoms with van der Waals surface area (Å²) in [5.41, 5.74) is 2.84. The Bertz CT molecular complexity index is 1180. The maximum absolute atomic E-state index is 12.3. The fourth-order valence-corrected chi connectivity index (χ4v) is 3.70. The van der Waals surface area contributed by atoms with Crippen molar-refractivity contribution < 1.29 is 9.53 Å². The van der Waals surface area contributed by atoms with Crippen molar-refractivity contribution in [2.24, 2.45) is 0 Å². The largest absolute Gasteiger partial charge is 0.467 e. The van der Waals surface area contributed by atoms with Gasteiger partial charge in [0.25, 0.3) is 5.91 Å². The lowest BCUT2D eigenvalue weighted by Crippen LogP contribution is -2.21. The number of carbonyl (C=O) groups excluding carboxylic acids is 1. The van der Waals surface area contributed by atoms with Crippen LogP contribution in [0.1, 0.15) is 5.56 Å². The number of ether oxygens (including phenoxy) is 1. The number of fused-ring (bicyclic) bond motifs is 1. The Morgan fingerprint density at radius 1 is 1.11 bits per heavy atom. The smallest absolute Gasteiger partial charge is 0.262 e. The number of amides is 1. The molecular formula is C21H14N4O2S.